The number of amides is 2. The van der Waals surface area contributed by atoms with Gasteiger partial charge in [0.05, 0.1) is 4.47 Å². The molecule has 0 radical (unpaired) electrons. The summed E-state index contributed by atoms with van der Waals surface area (Å²) in [5.41, 5.74) is -0.636. The molecule has 0 aliphatic heterocycles. The Hall–Kier alpha value is -3.16. The molecule has 2 aromatic rings. The van der Waals surface area contributed by atoms with Gasteiger partial charge in [-0.05, 0) is 105 Å². The van der Waals surface area contributed by atoms with Crippen LogP contribution in [0, 0.1) is 17.5 Å². The number of ether oxygens (including phenoxy) is 2. The van der Waals surface area contributed by atoms with E-state index >= 15 is 0 Å². The van der Waals surface area contributed by atoms with E-state index in [2.05, 4.69) is 25.9 Å². The van der Waals surface area contributed by atoms with E-state index in [-0.39, 0.29) is 32.3 Å². The fraction of sp³-hybridized carbons (Fsp3) is 0.500. The minimum Gasteiger partial charge on any atom is -0.443 e. The third-order valence-corrected chi connectivity index (χ3v) is 4.18. The van der Waals surface area contributed by atoms with Gasteiger partial charge < -0.3 is 37.2 Å². The van der Waals surface area contributed by atoms with Crippen molar-refractivity contribution >= 4 is 39.8 Å². The summed E-state index contributed by atoms with van der Waals surface area (Å²) in [6.07, 6.45) is 2.52. The topological polar surface area (TPSA) is 165 Å². The molecular weight excluding hydrogens is 576 g/mol. The maximum absolute atomic E-state index is 12.5. The number of aliphatic hydroxyl groups is 2. The van der Waals surface area contributed by atoms with Crippen LogP contribution in [0.25, 0.3) is 0 Å². The fourth-order valence-corrected chi connectivity index (χ4v) is 2.57. The highest BCUT2D eigenvalue weighted by Gasteiger charge is 2.33. The van der Waals surface area contributed by atoms with Crippen LogP contribution in [0.2, 0.25) is 0 Å². The van der Waals surface area contributed by atoms with E-state index in [1.54, 1.807) is 72.9 Å². The van der Waals surface area contributed by atoms with Gasteiger partial charge in [-0.1, -0.05) is 6.07 Å². The number of nitro groups is 1. The lowest BCUT2D eigenvalue weighted by molar-refractivity contribution is -0.389. The molecule has 0 spiro atoms. The molecule has 2 rings (SSSR count). The highest BCUT2D eigenvalue weighted by atomic mass is 79.9. The molecule has 2 amide bonds. The van der Waals surface area contributed by atoms with Crippen molar-refractivity contribution in [2.24, 2.45) is 0 Å². The Balaban J connectivity index is 0. The van der Waals surface area contributed by atoms with Crippen LogP contribution in [-0.2, 0) is 15.9 Å². The van der Waals surface area contributed by atoms with Crippen LogP contribution < -0.4 is 4.90 Å². The van der Waals surface area contributed by atoms with Crippen molar-refractivity contribution in [3.05, 3.63) is 64.2 Å². The predicted octanol–water partition coefficient (Wildman–Crippen LogP) is 5.88. The fourth-order valence-electron chi connectivity index (χ4n) is 2.33. The molecule has 0 atom stereocenters. The molecule has 0 bridgehead atoms. The average molecular weight is 617 g/mol. The normalized spacial score (nSPS) is 10.4. The smallest absolute Gasteiger partial charge is 0.425 e. The molecule has 0 saturated carbocycles. The van der Waals surface area contributed by atoms with Gasteiger partial charge in [-0.15, -0.1) is 0 Å². The Morgan fingerprint density at radius 2 is 1.49 bits per heavy atom. The molecule has 13 heteroatoms. The van der Waals surface area contributed by atoms with Crippen LogP contribution in [-0.4, -0.2) is 61.7 Å². The molecule has 0 aliphatic carbocycles. The molecule has 0 aromatic carbocycles. The molecule has 0 fully saturated rings. The van der Waals surface area contributed by atoms with Crippen molar-refractivity contribution in [2.45, 2.75) is 72.5 Å². The van der Waals surface area contributed by atoms with Crippen molar-refractivity contribution in [3.8, 4) is 0 Å². The van der Waals surface area contributed by atoms with Gasteiger partial charge in [0.1, 0.15) is 17.0 Å². The minimum atomic E-state index is -0.850. The quantitative estimate of drug-likeness (QED) is 0.235. The summed E-state index contributed by atoms with van der Waals surface area (Å²) in [7, 11) is 0. The Morgan fingerprint density at radius 3 is 1.82 bits per heavy atom. The maximum atomic E-state index is 12.5. The zero-order valence-electron chi connectivity index (χ0n) is 23.8. The zero-order valence-corrected chi connectivity index (χ0v) is 25.4. The largest absolute Gasteiger partial charge is 0.443 e. The standard InChI is InChI=1S/C18H28N2O5.C5H3BrN2O2.C2H6O.CH3/c1-17(2,3)24-15(22)20(16(23)25-18(4,5)6)14-10-9-13(12-19-14)8-7-11-21;6-4-1-2-5(7-3-4)8(9)10;1-2-3;/h9-10,12,21H,7-8,11H2,1-6H3;1-3H;3H,2H2,1H3;1H3/q;;;-1. The van der Waals surface area contributed by atoms with E-state index < -0.39 is 28.3 Å². The van der Waals surface area contributed by atoms with Crippen molar-refractivity contribution in [2.75, 3.05) is 18.1 Å². The Bertz CT molecular complexity index is 977. The number of pyridine rings is 2. The first-order chi connectivity index (χ1) is 17.5. The van der Waals surface area contributed by atoms with Crippen molar-refractivity contribution < 1.29 is 34.2 Å². The number of hydrogen-bond acceptors (Lipinski definition) is 10. The number of hydrogen-bond donors (Lipinski definition) is 2. The van der Waals surface area contributed by atoms with Crippen LogP contribution in [0.5, 0.6) is 0 Å². The van der Waals surface area contributed by atoms with Crippen LogP contribution in [0.3, 0.4) is 0 Å². The second-order valence-electron chi connectivity index (χ2n) is 9.56. The number of anilines is 1. The third-order valence-electron chi connectivity index (χ3n) is 3.71. The number of halogens is 1. The molecule has 0 saturated heterocycles. The number of aromatic nitrogens is 2. The van der Waals surface area contributed by atoms with Crippen LogP contribution >= 0.6 is 15.9 Å². The van der Waals surface area contributed by atoms with E-state index in [1.807, 2.05) is 0 Å². The lowest BCUT2D eigenvalue weighted by Crippen LogP contribution is -2.44. The van der Waals surface area contributed by atoms with Gasteiger partial charge in [-0.25, -0.2) is 14.6 Å². The summed E-state index contributed by atoms with van der Waals surface area (Å²) < 4.78 is 11.3. The van der Waals surface area contributed by atoms with E-state index in [0.29, 0.717) is 12.8 Å². The third kappa shape index (κ3) is 17.1. The number of carbonyl (C=O) groups excluding carboxylic acids is 2. The molecule has 2 heterocycles. The first kappa shape index (κ1) is 38.0. The predicted molar refractivity (Wildman–Crippen MR) is 152 cm³/mol. The zero-order chi connectivity index (χ0) is 29.5. The summed E-state index contributed by atoms with van der Waals surface area (Å²) >= 11 is 3.11. The van der Waals surface area contributed by atoms with E-state index in [0.717, 1.165) is 14.9 Å². The minimum absolute atomic E-state index is 0. The molecule has 2 aromatic heterocycles. The van der Waals surface area contributed by atoms with Gasteiger partial charge >= 0.3 is 18.0 Å². The van der Waals surface area contributed by atoms with E-state index in [1.165, 1.54) is 12.3 Å². The number of imide groups is 1. The van der Waals surface area contributed by atoms with E-state index in [9.17, 15) is 19.7 Å². The highest BCUT2D eigenvalue weighted by molar-refractivity contribution is 9.10. The van der Waals surface area contributed by atoms with Gasteiger partial charge in [0, 0.05) is 25.5 Å². The number of aliphatic hydroxyl groups excluding tert-OH is 2. The van der Waals surface area contributed by atoms with E-state index in [4.69, 9.17) is 19.7 Å². The average Bonchev–Trinajstić information content (AvgIpc) is 2.77. The van der Waals surface area contributed by atoms with Gasteiger partial charge in [0.25, 0.3) is 0 Å². The Kier molecular flexibility index (Phi) is 17.7. The molecular formula is C26H40BrN4O8-. The first-order valence-corrected chi connectivity index (χ1v) is 12.5. The van der Waals surface area contributed by atoms with Gasteiger partial charge in [-0.3, -0.25) is 0 Å². The van der Waals surface area contributed by atoms with Gasteiger partial charge in [-0.2, -0.15) is 4.90 Å². The number of carbonyl (C=O) groups is 2. The lowest BCUT2D eigenvalue weighted by atomic mass is 10.1. The molecule has 0 unspecified atom stereocenters. The monoisotopic (exact) mass is 615 g/mol. The first-order valence-electron chi connectivity index (χ1n) is 11.7. The summed E-state index contributed by atoms with van der Waals surface area (Å²) in [6.45, 7) is 12.3. The van der Waals surface area contributed by atoms with Gasteiger partial charge in [0.2, 0.25) is 0 Å². The summed E-state index contributed by atoms with van der Waals surface area (Å²) in [6, 6.07) is 6.22. The second-order valence-corrected chi connectivity index (χ2v) is 10.5. The number of nitrogens with zero attached hydrogens (tertiary/aromatic N) is 4. The van der Waals surface area contributed by atoms with Gasteiger partial charge in [0.15, 0.2) is 6.20 Å². The van der Waals surface area contributed by atoms with Crippen molar-refractivity contribution in [1.29, 1.82) is 0 Å². The highest BCUT2D eigenvalue weighted by Crippen LogP contribution is 2.20. The van der Waals surface area contributed by atoms with Crippen molar-refractivity contribution in [1.82, 2.24) is 9.97 Å². The number of aryl methyl sites for hydroxylation is 1. The second kappa shape index (κ2) is 18.2. The number of rotatable bonds is 5. The van der Waals surface area contributed by atoms with Crippen molar-refractivity contribution in [3.63, 3.8) is 0 Å². The molecule has 39 heavy (non-hydrogen) atoms. The van der Waals surface area contributed by atoms with Crippen LogP contribution in [0.15, 0.2) is 41.1 Å². The molecule has 220 valence electrons. The summed E-state index contributed by atoms with van der Waals surface area (Å²) in [5.74, 6) is -0.0144. The summed E-state index contributed by atoms with van der Waals surface area (Å²) in [5, 5.41) is 26.5. The van der Waals surface area contributed by atoms with Crippen LogP contribution in [0.1, 0.15) is 60.5 Å². The maximum Gasteiger partial charge on any atom is 0.425 e. The Morgan fingerprint density at radius 1 is 0.974 bits per heavy atom. The lowest BCUT2D eigenvalue weighted by Gasteiger charge is -2.28. The molecule has 2 N–H and O–H groups in total. The Labute approximate surface area is 238 Å². The van der Waals surface area contributed by atoms with Crippen LogP contribution in [0.4, 0.5) is 21.2 Å². The molecule has 12 nitrogen and oxygen atoms in total. The summed E-state index contributed by atoms with van der Waals surface area (Å²) in [4.78, 5) is 42.9. The molecule has 0 aliphatic rings. The SMILES string of the molecule is CC(C)(C)OC(=O)N(C(=O)OC(C)(C)C)c1ccc(CCCO)cn1.CCO.O=[N+]([O-])c1ccc(Br)cn1.[CH3-].